The lowest BCUT2D eigenvalue weighted by Crippen LogP contribution is -2.50. The molecule has 2 aromatic rings. The van der Waals surface area contributed by atoms with Gasteiger partial charge in [-0.25, -0.2) is 8.42 Å². The zero-order valence-electron chi connectivity index (χ0n) is 17.5. The summed E-state index contributed by atoms with van der Waals surface area (Å²) in [4.78, 5) is 6.64. The second-order valence-electron chi connectivity index (χ2n) is 8.20. The second-order valence-corrected chi connectivity index (χ2v) is 10.9. The normalized spacial score (nSPS) is 20.1. The van der Waals surface area contributed by atoms with Crippen LogP contribution >= 0.6 is 23.2 Å². The van der Waals surface area contributed by atoms with Gasteiger partial charge in [0.25, 0.3) is 0 Å². The monoisotopic (exact) mass is 483 g/mol. The summed E-state index contributed by atoms with van der Waals surface area (Å²) in [5, 5.41) is 0.646. The maximum Gasteiger partial charge on any atom is 0.244 e. The molecule has 0 saturated carbocycles. The molecule has 1 aromatic heterocycles. The smallest absolute Gasteiger partial charge is 0.244 e. The number of pyridine rings is 1. The number of ether oxygens (including phenoxy) is 1. The van der Waals surface area contributed by atoms with Crippen LogP contribution in [0.25, 0.3) is 0 Å². The lowest BCUT2D eigenvalue weighted by atomic mass is 10.00. The Kier molecular flexibility index (Phi) is 7.08. The van der Waals surface area contributed by atoms with Crippen LogP contribution in [0.4, 0.5) is 0 Å². The Morgan fingerprint density at radius 2 is 1.61 bits per heavy atom. The molecule has 2 saturated heterocycles. The first kappa shape index (κ1) is 22.8. The van der Waals surface area contributed by atoms with Crippen LogP contribution in [-0.2, 0) is 10.0 Å². The van der Waals surface area contributed by atoms with E-state index in [0.29, 0.717) is 29.7 Å². The lowest BCUT2D eigenvalue weighted by Gasteiger charge is -2.41. The first-order valence-electron chi connectivity index (χ1n) is 10.6. The van der Waals surface area contributed by atoms with Crippen molar-refractivity contribution in [3.05, 3.63) is 52.3 Å². The van der Waals surface area contributed by atoms with Gasteiger partial charge in [0.05, 0.1) is 5.02 Å². The molecule has 2 fully saturated rings. The van der Waals surface area contributed by atoms with Crippen LogP contribution in [-0.4, -0.2) is 60.9 Å². The Labute approximate surface area is 194 Å². The van der Waals surface area contributed by atoms with Crippen molar-refractivity contribution in [3.63, 3.8) is 0 Å². The van der Waals surface area contributed by atoms with E-state index in [9.17, 15) is 8.42 Å². The van der Waals surface area contributed by atoms with Crippen molar-refractivity contribution >= 4 is 33.2 Å². The number of nitrogens with zero attached hydrogens (tertiary/aromatic N) is 3. The predicted octanol–water partition coefficient (Wildman–Crippen LogP) is 4.39. The van der Waals surface area contributed by atoms with Gasteiger partial charge in [0.2, 0.25) is 10.0 Å². The third-order valence-corrected chi connectivity index (χ3v) is 8.97. The number of hydrogen-bond acceptors (Lipinski definition) is 5. The molecule has 0 atom stereocenters. The molecule has 0 aliphatic carbocycles. The van der Waals surface area contributed by atoms with Crippen molar-refractivity contribution in [2.75, 3.05) is 26.2 Å². The van der Waals surface area contributed by atoms with Crippen LogP contribution in [0.5, 0.6) is 5.75 Å². The zero-order chi connectivity index (χ0) is 22.0. The quantitative estimate of drug-likeness (QED) is 0.630. The van der Waals surface area contributed by atoms with Gasteiger partial charge in [0.1, 0.15) is 16.7 Å². The molecule has 4 rings (SSSR count). The molecule has 0 radical (unpaired) electrons. The molecule has 0 spiro atoms. The van der Waals surface area contributed by atoms with Crippen molar-refractivity contribution in [2.45, 2.75) is 49.6 Å². The van der Waals surface area contributed by atoms with E-state index in [1.807, 2.05) is 12.1 Å². The van der Waals surface area contributed by atoms with Crippen molar-refractivity contribution in [2.24, 2.45) is 0 Å². The van der Waals surface area contributed by atoms with Crippen LogP contribution in [0, 0.1) is 6.92 Å². The molecular formula is C22H27Cl2N3O3S. The van der Waals surface area contributed by atoms with Gasteiger partial charge < -0.3 is 9.64 Å². The zero-order valence-corrected chi connectivity index (χ0v) is 19.8. The molecule has 0 amide bonds. The number of aromatic nitrogens is 1. The number of aryl methyl sites for hydroxylation is 1. The van der Waals surface area contributed by atoms with Gasteiger partial charge in [-0.05, 0) is 62.4 Å². The van der Waals surface area contributed by atoms with Crippen LogP contribution in [0.1, 0.15) is 31.2 Å². The van der Waals surface area contributed by atoms with Gasteiger partial charge in [-0.1, -0.05) is 23.2 Å². The summed E-state index contributed by atoms with van der Waals surface area (Å²) >= 11 is 12.3. The van der Waals surface area contributed by atoms with Crippen molar-refractivity contribution in [3.8, 4) is 5.75 Å². The molecule has 0 bridgehead atoms. The van der Waals surface area contributed by atoms with Gasteiger partial charge in [-0.2, -0.15) is 4.31 Å². The fourth-order valence-electron chi connectivity index (χ4n) is 4.38. The Balaban J connectivity index is 1.31. The third-order valence-electron chi connectivity index (χ3n) is 6.20. The number of rotatable bonds is 5. The van der Waals surface area contributed by atoms with E-state index in [0.717, 1.165) is 44.5 Å². The first-order valence-corrected chi connectivity index (χ1v) is 12.8. The summed E-state index contributed by atoms with van der Waals surface area (Å²) < 4.78 is 33.9. The molecule has 0 N–H and O–H groups in total. The molecule has 168 valence electrons. The van der Waals surface area contributed by atoms with E-state index in [1.54, 1.807) is 29.7 Å². The van der Waals surface area contributed by atoms with Crippen molar-refractivity contribution in [1.82, 2.24) is 14.2 Å². The largest absolute Gasteiger partial charge is 0.490 e. The highest BCUT2D eigenvalue weighted by atomic mass is 35.5. The lowest BCUT2D eigenvalue weighted by molar-refractivity contribution is 0.0585. The van der Waals surface area contributed by atoms with Gasteiger partial charge in [-0.3, -0.25) is 4.98 Å². The van der Waals surface area contributed by atoms with E-state index >= 15 is 0 Å². The molecule has 3 heterocycles. The Bertz CT molecular complexity index is 1000. The average Bonchev–Trinajstić information content (AvgIpc) is 2.77. The Morgan fingerprint density at radius 1 is 0.968 bits per heavy atom. The summed E-state index contributed by atoms with van der Waals surface area (Å²) in [6, 6.07) is 7.25. The fraction of sp³-hybridized carbons (Fsp3) is 0.500. The third kappa shape index (κ3) is 5.17. The number of sulfonamides is 1. The number of hydrogen-bond donors (Lipinski definition) is 0. The van der Waals surface area contributed by atoms with Gasteiger partial charge in [0.15, 0.2) is 0 Å². The minimum atomic E-state index is -3.63. The summed E-state index contributed by atoms with van der Waals surface area (Å²) in [7, 11) is -3.63. The van der Waals surface area contributed by atoms with Crippen molar-refractivity contribution < 1.29 is 13.2 Å². The van der Waals surface area contributed by atoms with Crippen LogP contribution < -0.4 is 4.74 Å². The maximum atomic E-state index is 13.1. The number of piperidine rings is 2. The van der Waals surface area contributed by atoms with E-state index in [-0.39, 0.29) is 16.0 Å². The molecule has 6 nitrogen and oxygen atoms in total. The maximum absolute atomic E-state index is 13.1. The highest BCUT2D eigenvalue weighted by Gasteiger charge is 2.34. The topological polar surface area (TPSA) is 62.7 Å². The number of halogens is 2. The summed E-state index contributed by atoms with van der Waals surface area (Å²) in [6.07, 6.45) is 7.28. The van der Waals surface area contributed by atoms with Crippen LogP contribution in [0.2, 0.25) is 10.0 Å². The highest BCUT2D eigenvalue weighted by molar-refractivity contribution is 7.89. The Hall–Kier alpha value is -1.38. The van der Waals surface area contributed by atoms with Crippen LogP contribution in [0.3, 0.4) is 0 Å². The molecule has 2 aliphatic heterocycles. The first-order chi connectivity index (χ1) is 14.8. The predicted molar refractivity (Wildman–Crippen MR) is 122 cm³/mol. The molecule has 9 heteroatoms. The van der Waals surface area contributed by atoms with Gasteiger partial charge in [0, 0.05) is 49.6 Å². The SMILES string of the molecule is Cc1cc(S(=O)(=O)N2CCC(N3CCC(Oc4ccncc4)CC3)CC2)c(Cl)cc1Cl. The number of benzene rings is 1. The molecule has 0 unspecified atom stereocenters. The minimum Gasteiger partial charge on any atom is -0.490 e. The van der Waals surface area contributed by atoms with Crippen LogP contribution in [0.15, 0.2) is 41.6 Å². The van der Waals surface area contributed by atoms with Crippen molar-refractivity contribution in [1.29, 1.82) is 0 Å². The van der Waals surface area contributed by atoms with E-state index < -0.39 is 10.0 Å². The summed E-state index contributed by atoms with van der Waals surface area (Å²) in [6.45, 7) is 4.72. The van der Waals surface area contributed by atoms with E-state index in [1.165, 1.54) is 6.07 Å². The second kappa shape index (κ2) is 9.63. The van der Waals surface area contributed by atoms with Gasteiger partial charge >= 0.3 is 0 Å². The summed E-state index contributed by atoms with van der Waals surface area (Å²) in [5.41, 5.74) is 0.705. The molecule has 31 heavy (non-hydrogen) atoms. The minimum absolute atomic E-state index is 0.142. The average molecular weight is 484 g/mol. The summed E-state index contributed by atoms with van der Waals surface area (Å²) in [5.74, 6) is 0.864. The number of likely N-dealkylation sites (tertiary alicyclic amines) is 1. The standard InChI is InChI=1S/C22H27Cl2N3O3S/c1-16-14-22(21(24)15-20(16)23)31(28,29)27-12-4-17(5-13-27)26-10-6-19(7-11-26)30-18-2-8-25-9-3-18/h2-3,8-9,14-15,17,19H,4-7,10-13H2,1H3. The fourth-order valence-corrected chi connectivity index (χ4v) is 6.66. The van der Waals surface area contributed by atoms with E-state index in [4.69, 9.17) is 27.9 Å². The highest BCUT2D eigenvalue weighted by Crippen LogP contribution is 2.32. The molecule has 1 aromatic carbocycles. The van der Waals surface area contributed by atoms with Gasteiger partial charge in [-0.15, -0.1) is 0 Å². The molecule has 2 aliphatic rings. The van der Waals surface area contributed by atoms with E-state index in [2.05, 4.69) is 9.88 Å². The Morgan fingerprint density at radius 3 is 2.26 bits per heavy atom. The molecular weight excluding hydrogens is 457 g/mol.